The monoisotopic (exact) mass is 471 g/mol. The molecule has 3 aromatic rings. The zero-order valence-corrected chi connectivity index (χ0v) is 19.4. The van der Waals surface area contributed by atoms with Crippen molar-refractivity contribution in [2.45, 2.75) is 37.9 Å². The topological polar surface area (TPSA) is 88.0 Å². The molecule has 35 heavy (non-hydrogen) atoms. The Labute approximate surface area is 204 Å². The van der Waals surface area contributed by atoms with Crippen molar-refractivity contribution in [1.29, 1.82) is 0 Å². The van der Waals surface area contributed by atoms with Crippen LogP contribution in [0.25, 0.3) is 11.1 Å². The summed E-state index contributed by atoms with van der Waals surface area (Å²) in [4.78, 5) is 13.1. The summed E-state index contributed by atoms with van der Waals surface area (Å²) in [5, 5.41) is 21.9. The fraction of sp³-hybridized carbons (Fsp3) is 0.276. The van der Waals surface area contributed by atoms with Crippen LogP contribution in [0.3, 0.4) is 0 Å². The van der Waals surface area contributed by atoms with E-state index in [1.165, 1.54) is 33.9 Å². The number of rotatable bonds is 8. The molecule has 2 aliphatic rings. The summed E-state index contributed by atoms with van der Waals surface area (Å²) in [5.74, 6) is -0.342. The van der Waals surface area contributed by atoms with E-state index in [0.717, 1.165) is 6.42 Å². The van der Waals surface area contributed by atoms with Gasteiger partial charge in [-0.05, 0) is 65.3 Å². The Morgan fingerprint density at radius 1 is 1.00 bits per heavy atom. The lowest BCUT2D eigenvalue weighted by Crippen LogP contribution is -2.30. The molecule has 0 bridgehead atoms. The van der Waals surface area contributed by atoms with Crippen molar-refractivity contribution in [3.63, 3.8) is 0 Å². The number of aromatic hydroxyl groups is 1. The van der Waals surface area contributed by atoms with Gasteiger partial charge in [0.25, 0.3) is 5.91 Å². The largest absolute Gasteiger partial charge is 0.506 e. The minimum Gasteiger partial charge on any atom is -0.506 e. The number of benzene rings is 3. The first-order valence-electron chi connectivity index (χ1n) is 12.0. The third-order valence-corrected chi connectivity index (χ3v) is 6.58. The van der Waals surface area contributed by atoms with Crippen LogP contribution >= 0.6 is 0 Å². The van der Waals surface area contributed by atoms with Crippen molar-refractivity contribution < 1.29 is 24.5 Å². The first kappa shape index (κ1) is 23.1. The third kappa shape index (κ3) is 4.94. The van der Waals surface area contributed by atoms with Crippen LogP contribution < -0.4 is 5.32 Å². The highest BCUT2D eigenvalue weighted by Gasteiger charge is 2.32. The number of aliphatic hydroxyl groups is 1. The number of hydrogen-bond donors (Lipinski definition) is 3. The molecule has 6 heteroatoms. The molecule has 0 radical (unpaired) electrons. The van der Waals surface area contributed by atoms with E-state index in [4.69, 9.17) is 14.6 Å². The summed E-state index contributed by atoms with van der Waals surface area (Å²) in [6, 6.07) is 21.4. The number of unbranched alkanes of at least 4 members (excludes halogenated alkanes) is 1. The summed E-state index contributed by atoms with van der Waals surface area (Å²) in [6.07, 6.45) is 4.07. The van der Waals surface area contributed by atoms with Gasteiger partial charge in [0.15, 0.2) is 5.76 Å². The smallest absolute Gasteiger partial charge is 0.290 e. The van der Waals surface area contributed by atoms with Crippen molar-refractivity contribution >= 4 is 11.6 Å². The maximum absolute atomic E-state index is 13.1. The van der Waals surface area contributed by atoms with Crippen LogP contribution in [0.5, 0.6) is 5.75 Å². The maximum atomic E-state index is 13.1. The Morgan fingerprint density at radius 3 is 2.66 bits per heavy atom. The SMILES string of the molecule is O=C(Nc1ccccc1O)C1=C[C@H](c2cccc3c2Cc2ccccc2-3)C[C@H](OCCCCO)O1. The normalized spacial score (nSPS) is 18.3. The molecule has 0 unspecified atom stereocenters. The van der Waals surface area contributed by atoms with Gasteiger partial charge in [-0.3, -0.25) is 4.79 Å². The van der Waals surface area contributed by atoms with Crippen LogP contribution in [0.15, 0.2) is 78.6 Å². The molecule has 0 fully saturated rings. The average molecular weight is 472 g/mol. The maximum Gasteiger partial charge on any atom is 0.290 e. The Hall–Kier alpha value is -3.61. The molecule has 180 valence electrons. The van der Waals surface area contributed by atoms with Crippen LogP contribution in [0.2, 0.25) is 0 Å². The zero-order valence-electron chi connectivity index (χ0n) is 19.4. The predicted octanol–water partition coefficient (Wildman–Crippen LogP) is 5.11. The summed E-state index contributed by atoms with van der Waals surface area (Å²) in [6.45, 7) is 0.549. The number of phenolic OH excluding ortho intramolecular Hbond substituents is 1. The molecule has 1 amide bonds. The molecular weight excluding hydrogens is 442 g/mol. The van der Waals surface area contributed by atoms with E-state index in [1.54, 1.807) is 18.2 Å². The van der Waals surface area contributed by atoms with E-state index >= 15 is 0 Å². The molecule has 5 rings (SSSR count). The fourth-order valence-corrected chi connectivity index (χ4v) is 4.86. The summed E-state index contributed by atoms with van der Waals surface area (Å²) in [5.41, 5.74) is 6.56. The number of carbonyl (C=O) groups is 1. The van der Waals surface area contributed by atoms with Crippen molar-refractivity contribution in [1.82, 2.24) is 0 Å². The van der Waals surface area contributed by atoms with Gasteiger partial charge >= 0.3 is 0 Å². The zero-order chi connectivity index (χ0) is 24.2. The number of anilines is 1. The van der Waals surface area contributed by atoms with E-state index in [9.17, 15) is 9.90 Å². The molecule has 2 atom stereocenters. The van der Waals surface area contributed by atoms with Gasteiger partial charge < -0.3 is 25.0 Å². The van der Waals surface area contributed by atoms with Crippen LogP contribution in [-0.2, 0) is 20.7 Å². The number of fused-ring (bicyclic) bond motifs is 3. The standard InChI is InChI=1S/C29H29NO5/c31-14-5-6-15-34-28-18-20(17-27(35-28)29(33)30-25-12-3-4-13-26(25)32)22-10-7-11-23-21-9-2-1-8-19(21)16-24(22)23/h1-4,7-13,17,20,28,31-32H,5-6,14-16,18H2,(H,30,33)/t20-,28+/m0/s1. The number of hydrogen-bond acceptors (Lipinski definition) is 5. The first-order chi connectivity index (χ1) is 17.1. The number of para-hydroxylation sites is 2. The van der Waals surface area contributed by atoms with E-state index in [1.807, 2.05) is 6.08 Å². The molecule has 0 saturated carbocycles. The molecule has 1 aliphatic heterocycles. The quantitative estimate of drug-likeness (QED) is 0.246. The second-order valence-electron chi connectivity index (χ2n) is 8.90. The van der Waals surface area contributed by atoms with Gasteiger partial charge in [-0.2, -0.15) is 0 Å². The lowest BCUT2D eigenvalue weighted by Gasteiger charge is -2.30. The molecule has 0 spiro atoms. The third-order valence-electron chi connectivity index (χ3n) is 6.58. The highest BCUT2D eigenvalue weighted by molar-refractivity contribution is 6.03. The van der Waals surface area contributed by atoms with E-state index in [0.29, 0.717) is 31.6 Å². The Kier molecular flexibility index (Phi) is 6.84. The lowest BCUT2D eigenvalue weighted by molar-refractivity contribution is -0.143. The van der Waals surface area contributed by atoms with Crippen molar-refractivity contribution in [3.05, 3.63) is 95.3 Å². The Morgan fingerprint density at radius 2 is 1.80 bits per heavy atom. The number of aliphatic hydroxyl groups excluding tert-OH is 1. The highest BCUT2D eigenvalue weighted by atomic mass is 16.7. The highest BCUT2D eigenvalue weighted by Crippen LogP contribution is 2.43. The van der Waals surface area contributed by atoms with Crippen molar-refractivity contribution in [3.8, 4) is 16.9 Å². The second-order valence-corrected chi connectivity index (χ2v) is 8.90. The van der Waals surface area contributed by atoms with Crippen LogP contribution in [0.1, 0.15) is 41.9 Å². The minimum atomic E-state index is -0.589. The molecule has 3 N–H and O–H groups in total. The van der Waals surface area contributed by atoms with Gasteiger partial charge in [0.2, 0.25) is 6.29 Å². The number of amides is 1. The second kappa shape index (κ2) is 10.3. The van der Waals surface area contributed by atoms with E-state index in [2.05, 4.69) is 47.8 Å². The van der Waals surface area contributed by atoms with Crippen LogP contribution in [0, 0.1) is 0 Å². The first-order valence-corrected chi connectivity index (χ1v) is 12.0. The number of phenols is 1. The fourth-order valence-electron chi connectivity index (χ4n) is 4.86. The lowest BCUT2D eigenvalue weighted by atomic mass is 9.87. The van der Waals surface area contributed by atoms with E-state index < -0.39 is 12.2 Å². The molecule has 0 saturated heterocycles. The summed E-state index contributed by atoms with van der Waals surface area (Å²) < 4.78 is 11.9. The number of carbonyl (C=O) groups excluding carboxylic acids is 1. The molecule has 3 aromatic carbocycles. The Bertz CT molecular complexity index is 1250. The molecule has 1 heterocycles. The van der Waals surface area contributed by atoms with Crippen molar-refractivity contribution in [2.75, 3.05) is 18.5 Å². The number of ether oxygens (including phenoxy) is 2. The molecule has 0 aromatic heterocycles. The summed E-state index contributed by atoms with van der Waals surface area (Å²) in [7, 11) is 0. The molecule has 1 aliphatic carbocycles. The number of nitrogens with one attached hydrogen (secondary N) is 1. The van der Waals surface area contributed by atoms with Crippen LogP contribution in [0.4, 0.5) is 5.69 Å². The number of allylic oxidation sites excluding steroid dienone is 1. The van der Waals surface area contributed by atoms with Gasteiger partial charge in [-0.15, -0.1) is 0 Å². The average Bonchev–Trinajstić information content (AvgIpc) is 3.27. The summed E-state index contributed by atoms with van der Waals surface area (Å²) >= 11 is 0. The van der Waals surface area contributed by atoms with Gasteiger partial charge in [0, 0.05) is 18.9 Å². The van der Waals surface area contributed by atoms with Gasteiger partial charge in [0.05, 0.1) is 12.3 Å². The van der Waals surface area contributed by atoms with Crippen molar-refractivity contribution in [2.24, 2.45) is 0 Å². The predicted molar refractivity (Wildman–Crippen MR) is 134 cm³/mol. The minimum absolute atomic E-state index is 0.00995. The van der Waals surface area contributed by atoms with Crippen LogP contribution in [-0.4, -0.2) is 35.6 Å². The van der Waals surface area contributed by atoms with E-state index in [-0.39, 0.29) is 24.0 Å². The Balaban J connectivity index is 1.44. The van der Waals surface area contributed by atoms with Gasteiger partial charge in [-0.25, -0.2) is 0 Å². The van der Waals surface area contributed by atoms with Gasteiger partial charge in [-0.1, -0.05) is 54.6 Å². The van der Waals surface area contributed by atoms with Gasteiger partial charge in [0.1, 0.15) is 5.75 Å². The molecular formula is C29H29NO5. The molecule has 6 nitrogen and oxygen atoms in total.